The highest BCUT2D eigenvalue weighted by Gasteiger charge is 2.25. The zero-order valence-electron chi connectivity index (χ0n) is 13.3. The molecule has 0 radical (unpaired) electrons. The van der Waals surface area contributed by atoms with Crippen LogP contribution in [-0.4, -0.2) is 21.5 Å². The molecule has 0 saturated heterocycles. The lowest BCUT2D eigenvalue weighted by Gasteiger charge is -2.33. The summed E-state index contributed by atoms with van der Waals surface area (Å²) in [5.74, 6) is 1.49. The van der Waals surface area contributed by atoms with Crippen molar-refractivity contribution in [1.29, 1.82) is 0 Å². The lowest BCUT2D eigenvalue weighted by molar-refractivity contribution is 0.261. The SMILES string of the molecule is CNS(=O)(=O)c1ccc(C)c(NC2CCC(C)C(C)C2)c1. The van der Waals surface area contributed by atoms with Gasteiger partial charge in [0, 0.05) is 11.7 Å². The molecule has 0 spiro atoms. The Kier molecular flexibility index (Phi) is 4.94. The van der Waals surface area contributed by atoms with Crippen LogP contribution in [-0.2, 0) is 10.0 Å². The average molecular weight is 310 g/mol. The molecule has 0 heterocycles. The third kappa shape index (κ3) is 3.77. The van der Waals surface area contributed by atoms with Crippen molar-refractivity contribution in [3.63, 3.8) is 0 Å². The van der Waals surface area contributed by atoms with Crippen LogP contribution in [0.5, 0.6) is 0 Å². The summed E-state index contributed by atoms with van der Waals surface area (Å²) in [6.07, 6.45) is 3.52. The van der Waals surface area contributed by atoms with E-state index >= 15 is 0 Å². The molecular weight excluding hydrogens is 284 g/mol. The lowest BCUT2D eigenvalue weighted by atomic mass is 9.79. The molecule has 1 aliphatic rings. The van der Waals surface area contributed by atoms with Crippen LogP contribution in [0.1, 0.15) is 38.7 Å². The van der Waals surface area contributed by atoms with E-state index in [4.69, 9.17) is 0 Å². The van der Waals surface area contributed by atoms with Crippen LogP contribution >= 0.6 is 0 Å². The molecule has 5 heteroatoms. The summed E-state index contributed by atoms with van der Waals surface area (Å²) in [6.45, 7) is 6.62. The number of hydrogen-bond acceptors (Lipinski definition) is 3. The van der Waals surface area contributed by atoms with Crippen LogP contribution in [0, 0.1) is 18.8 Å². The maximum Gasteiger partial charge on any atom is 0.240 e. The van der Waals surface area contributed by atoms with Gasteiger partial charge in [0.25, 0.3) is 0 Å². The van der Waals surface area contributed by atoms with Crippen LogP contribution in [0.15, 0.2) is 23.1 Å². The molecule has 2 rings (SSSR count). The van der Waals surface area contributed by atoms with E-state index in [-0.39, 0.29) is 0 Å². The summed E-state index contributed by atoms with van der Waals surface area (Å²) in [5.41, 5.74) is 2.01. The fourth-order valence-electron chi connectivity index (χ4n) is 2.94. The minimum Gasteiger partial charge on any atom is -0.382 e. The first kappa shape index (κ1) is 16.3. The molecule has 1 fully saturated rings. The Morgan fingerprint density at radius 2 is 1.86 bits per heavy atom. The number of hydrogen-bond donors (Lipinski definition) is 2. The summed E-state index contributed by atoms with van der Waals surface area (Å²) in [4.78, 5) is 0.315. The summed E-state index contributed by atoms with van der Waals surface area (Å²) in [6, 6.07) is 5.69. The van der Waals surface area contributed by atoms with E-state index in [1.165, 1.54) is 13.5 Å². The van der Waals surface area contributed by atoms with Gasteiger partial charge in [-0.3, -0.25) is 0 Å². The predicted octanol–water partition coefficient (Wildman–Crippen LogP) is 3.14. The van der Waals surface area contributed by atoms with Crippen LogP contribution < -0.4 is 10.0 Å². The van der Waals surface area contributed by atoms with E-state index in [0.29, 0.717) is 16.9 Å². The van der Waals surface area contributed by atoms with Crippen molar-refractivity contribution in [2.45, 2.75) is 51.0 Å². The zero-order chi connectivity index (χ0) is 15.6. The Hall–Kier alpha value is -1.07. The number of sulfonamides is 1. The number of benzene rings is 1. The molecule has 3 unspecified atom stereocenters. The van der Waals surface area contributed by atoms with Crippen LogP contribution in [0.25, 0.3) is 0 Å². The van der Waals surface area contributed by atoms with Gasteiger partial charge in [0.15, 0.2) is 0 Å². The van der Waals surface area contributed by atoms with Gasteiger partial charge in [-0.1, -0.05) is 19.9 Å². The minimum absolute atomic E-state index is 0.315. The largest absolute Gasteiger partial charge is 0.382 e. The van der Waals surface area contributed by atoms with E-state index in [1.807, 2.05) is 13.0 Å². The summed E-state index contributed by atoms with van der Waals surface area (Å²) in [7, 11) is -1.95. The molecule has 1 aromatic carbocycles. The Morgan fingerprint density at radius 3 is 2.48 bits per heavy atom. The fourth-order valence-corrected chi connectivity index (χ4v) is 3.70. The molecule has 2 N–H and O–H groups in total. The molecule has 0 amide bonds. The van der Waals surface area contributed by atoms with Gasteiger partial charge >= 0.3 is 0 Å². The third-order valence-electron chi connectivity index (χ3n) is 4.75. The van der Waals surface area contributed by atoms with Gasteiger partial charge in [-0.25, -0.2) is 13.1 Å². The van der Waals surface area contributed by atoms with Gasteiger partial charge in [0.05, 0.1) is 4.90 Å². The molecule has 118 valence electrons. The van der Waals surface area contributed by atoms with Gasteiger partial charge in [-0.2, -0.15) is 0 Å². The van der Waals surface area contributed by atoms with Crippen LogP contribution in [0.3, 0.4) is 0 Å². The Labute approximate surface area is 128 Å². The van der Waals surface area contributed by atoms with Crippen molar-refractivity contribution in [2.75, 3.05) is 12.4 Å². The van der Waals surface area contributed by atoms with Crippen molar-refractivity contribution >= 4 is 15.7 Å². The molecule has 0 aromatic heterocycles. The first-order valence-corrected chi connectivity index (χ1v) is 9.12. The zero-order valence-corrected chi connectivity index (χ0v) is 14.1. The summed E-state index contributed by atoms with van der Waals surface area (Å²) >= 11 is 0. The second-order valence-corrected chi connectivity index (χ2v) is 8.18. The maximum absolute atomic E-state index is 11.9. The van der Waals surface area contributed by atoms with E-state index in [1.54, 1.807) is 12.1 Å². The van der Waals surface area contributed by atoms with Crippen molar-refractivity contribution in [2.24, 2.45) is 11.8 Å². The summed E-state index contributed by atoms with van der Waals surface area (Å²) in [5, 5.41) is 3.54. The van der Waals surface area contributed by atoms with Gasteiger partial charge < -0.3 is 5.32 Å². The smallest absolute Gasteiger partial charge is 0.240 e. The Bertz CT molecular complexity index is 598. The van der Waals surface area contributed by atoms with Crippen molar-refractivity contribution in [3.05, 3.63) is 23.8 Å². The van der Waals surface area contributed by atoms with E-state index < -0.39 is 10.0 Å². The van der Waals surface area contributed by atoms with Crippen LogP contribution in [0.2, 0.25) is 0 Å². The van der Waals surface area contributed by atoms with Crippen molar-refractivity contribution in [3.8, 4) is 0 Å². The maximum atomic E-state index is 11.9. The topological polar surface area (TPSA) is 58.2 Å². The highest BCUT2D eigenvalue weighted by Crippen LogP contribution is 2.32. The van der Waals surface area contributed by atoms with Gasteiger partial charge in [-0.15, -0.1) is 0 Å². The first-order valence-electron chi connectivity index (χ1n) is 7.64. The molecule has 21 heavy (non-hydrogen) atoms. The van der Waals surface area contributed by atoms with Gasteiger partial charge in [0.1, 0.15) is 0 Å². The predicted molar refractivity (Wildman–Crippen MR) is 87.0 cm³/mol. The molecule has 4 nitrogen and oxygen atoms in total. The molecule has 0 aliphatic heterocycles. The standard InChI is InChI=1S/C16H26N2O2S/c1-11-5-7-14(9-13(11)3)18-16-10-15(8-6-12(16)2)21(19,20)17-4/h6,8,10-11,13-14,17-18H,5,7,9H2,1-4H3. The fraction of sp³-hybridized carbons (Fsp3) is 0.625. The second-order valence-electron chi connectivity index (χ2n) is 6.29. The Morgan fingerprint density at radius 1 is 1.14 bits per heavy atom. The van der Waals surface area contributed by atoms with Gasteiger partial charge in [0.2, 0.25) is 10.0 Å². The summed E-state index contributed by atoms with van der Waals surface area (Å²) < 4.78 is 26.2. The van der Waals surface area contributed by atoms with E-state index in [9.17, 15) is 8.42 Å². The van der Waals surface area contributed by atoms with E-state index in [0.717, 1.165) is 30.0 Å². The second kappa shape index (κ2) is 6.36. The van der Waals surface area contributed by atoms with E-state index in [2.05, 4.69) is 23.9 Å². The third-order valence-corrected chi connectivity index (χ3v) is 6.16. The van der Waals surface area contributed by atoms with Crippen molar-refractivity contribution in [1.82, 2.24) is 4.72 Å². The minimum atomic E-state index is -3.39. The number of aryl methyl sites for hydroxylation is 1. The molecule has 1 aromatic rings. The molecule has 3 atom stereocenters. The number of nitrogens with one attached hydrogen (secondary N) is 2. The van der Waals surface area contributed by atoms with Crippen LogP contribution in [0.4, 0.5) is 5.69 Å². The highest BCUT2D eigenvalue weighted by molar-refractivity contribution is 7.89. The molecular formula is C16H26N2O2S. The average Bonchev–Trinajstić information content (AvgIpc) is 2.45. The lowest BCUT2D eigenvalue weighted by Crippen LogP contribution is -2.30. The Balaban J connectivity index is 2.18. The first-order chi connectivity index (χ1) is 9.83. The number of rotatable bonds is 4. The van der Waals surface area contributed by atoms with Crippen molar-refractivity contribution < 1.29 is 8.42 Å². The highest BCUT2D eigenvalue weighted by atomic mass is 32.2. The quantitative estimate of drug-likeness (QED) is 0.898. The van der Waals surface area contributed by atoms with Gasteiger partial charge in [-0.05, 0) is 62.8 Å². The molecule has 1 aliphatic carbocycles. The normalized spacial score (nSPS) is 26.6. The molecule has 0 bridgehead atoms. The molecule has 1 saturated carbocycles. The number of anilines is 1. The monoisotopic (exact) mass is 310 g/mol.